The molecule has 0 N–H and O–H groups in total. The summed E-state index contributed by atoms with van der Waals surface area (Å²) in [5.41, 5.74) is 0. The van der Waals surface area contributed by atoms with Crippen LogP contribution in [-0.4, -0.2) is 12.0 Å². The molecule has 0 saturated heterocycles. The fourth-order valence-electron chi connectivity index (χ4n) is 0.139. The van der Waals surface area contributed by atoms with Gasteiger partial charge in [-0.25, -0.2) is 0 Å². The van der Waals surface area contributed by atoms with Gasteiger partial charge in [0.1, 0.15) is 5.95 Å². The van der Waals surface area contributed by atoms with E-state index in [2.05, 4.69) is 4.74 Å². The van der Waals surface area contributed by atoms with Crippen LogP contribution in [0.3, 0.4) is 0 Å². The van der Waals surface area contributed by atoms with Crippen molar-refractivity contribution < 1.29 is 33.6 Å². The zero-order chi connectivity index (χ0) is 6.57. The molecule has 0 aliphatic carbocycles. The van der Waals surface area contributed by atoms with Crippen molar-refractivity contribution in [2.75, 3.05) is 7.11 Å². The van der Waals surface area contributed by atoms with Gasteiger partial charge in [0.2, 0.25) is 0 Å². The first kappa shape index (κ1) is 11.2. The Hall–Kier alpha value is -0.663. The summed E-state index contributed by atoms with van der Waals surface area (Å²) in [6, 6.07) is 0. The molecule has 0 heterocycles. The van der Waals surface area contributed by atoms with E-state index in [1.165, 1.54) is 0 Å². The Labute approximate surface area is 63.6 Å². The number of hydrogen-bond acceptors (Lipinski definition) is 4. The normalized spacial score (nSPS) is 9.67. The van der Waals surface area contributed by atoms with Crippen LogP contribution in [-0.2, 0) is 4.74 Å². The minimum atomic E-state index is -0.949. The van der Waals surface area contributed by atoms with Gasteiger partial charge in [-0.2, -0.15) is 0 Å². The summed E-state index contributed by atoms with van der Waals surface area (Å²) >= 11 is 0. The van der Waals surface area contributed by atoms with Crippen molar-refractivity contribution in [2.24, 2.45) is 0 Å². The van der Waals surface area contributed by atoms with Gasteiger partial charge < -0.3 is 9.84 Å². The van der Waals surface area contributed by atoms with E-state index in [4.69, 9.17) is 0 Å². The van der Waals surface area contributed by atoms with E-state index in [1.807, 2.05) is 0 Å². The number of nitro groups is 1. The van der Waals surface area contributed by atoms with Gasteiger partial charge in [-0.15, -0.1) is 0 Å². The third-order valence-corrected chi connectivity index (χ3v) is 0.412. The van der Waals surface area contributed by atoms with Gasteiger partial charge in [-0.3, -0.25) is 10.1 Å². The molecule has 6 heteroatoms. The zero-order valence-electron chi connectivity index (χ0n) is 5.16. The Morgan fingerprint density at radius 1 is 1.78 bits per heavy atom. The number of methoxy groups -OCH3 is 1. The van der Waals surface area contributed by atoms with E-state index >= 15 is 0 Å². The molecule has 0 atom stereocenters. The van der Waals surface area contributed by atoms with Crippen LogP contribution in [0.1, 0.15) is 0 Å². The van der Waals surface area contributed by atoms with Crippen molar-refractivity contribution in [3.05, 3.63) is 22.3 Å². The summed E-state index contributed by atoms with van der Waals surface area (Å²) in [6.45, 7) is 0. The second-order valence-corrected chi connectivity index (χ2v) is 0.938. The van der Waals surface area contributed by atoms with Crippen LogP contribution in [0.15, 0.2) is 12.1 Å². The predicted molar refractivity (Wildman–Crippen MR) is 22.1 cm³/mol. The predicted octanol–water partition coefficient (Wildman–Crippen LogP) is -3.93. The van der Waals surface area contributed by atoms with Gasteiger partial charge in [0, 0.05) is 0 Å². The molecule has 0 aromatic rings. The number of rotatable bonds is 2. The molecule has 0 aliphatic heterocycles. The first-order chi connectivity index (χ1) is 3.66. The van der Waals surface area contributed by atoms with Gasteiger partial charge >= 0.3 is 18.9 Å². The first-order valence-corrected chi connectivity index (χ1v) is 1.73. The fraction of sp³-hybridized carbons (Fsp3) is 0.333. The van der Waals surface area contributed by atoms with Crippen molar-refractivity contribution in [3.63, 3.8) is 0 Å². The molecule has 0 bridgehead atoms. The van der Waals surface area contributed by atoms with Crippen molar-refractivity contribution in [2.45, 2.75) is 0 Å². The summed E-state index contributed by atoms with van der Waals surface area (Å²) in [4.78, 5) is 8.55. The molecule has 5 nitrogen and oxygen atoms in total. The molecule has 0 saturated carbocycles. The second kappa shape index (κ2) is 5.47. The molecule has 0 rings (SSSR count). The van der Waals surface area contributed by atoms with Crippen molar-refractivity contribution in [1.82, 2.24) is 0 Å². The molecule has 0 fully saturated rings. The van der Waals surface area contributed by atoms with Crippen molar-refractivity contribution >= 4 is 0 Å². The quantitative estimate of drug-likeness (QED) is 0.163. The summed E-state index contributed by atoms with van der Waals surface area (Å²) < 4.78 is 3.92. The molecular formula is C3H4LiNO4. The van der Waals surface area contributed by atoms with E-state index in [0.29, 0.717) is 0 Å². The van der Waals surface area contributed by atoms with E-state index in [9.17, 15) is 15.2 Å². The smallest absolute Gasteiger partial charge is 0.612 e. The average Bonchev–Trinajstić information content (AvgIpc) is 1.65. The summed E-state index contributed by atoms with van der Waals surface area (Å²) in [7, 11) is 1.07. The van der Waals surface area contributed by atoms with Gasteiger partial charge in [-0.05, 0) is 7.11 Å². The maximum atomic E-state index is 9.90. The van der Waals surface area contributed by atoms with Crippen molar-refractivity contribution in [3.8, 4) is 0 Å². The minimum Gasteiger partial charge on any atom is -0.612 e. The third kappa shape index (κ3) is 7.34. The third-order valence-electron chi connectivity index (χ3n) is 0.412. The first-order valence-electron chi connectivity index (χ1n) is 1.73. The molecule has 0 aromatic carbocycles. The standard InChI is InChI=1S/C3H5NO4.Li/c1-8-3(5)2-4(6)7;/h2,5H,1H3;/q;+1/p-1. The zero-order valence-corrected chi connectivity index (χ0v) is 5.16. The Morgan fingerprint density at radius 3 is 2.33 bits per heavy atom. The molecule has 9 heavy (non-hydrogen) atoms. The topological polar surface area (TPSA) is 75.4 Å². The van der Waals surface area contributed by atoms with Gasteiger partial charge in [-0.1, -0.05) is 0 Å². The summed E-state index contributed by atoms with van der Waals surface area (Å²) in [5.74, 6) is -0.949. The molecule has 0 radical (unpaired) electrons. The van der Waals surface area contributed by atoms with Crippen LogP contribution in [0.4, 0.5) is 0 Å². The summed E-state index contributed by atoms with van der Waals surface area (Å²) in [6.07, 6.45) is 0.250. The molecule has 46 valence electrons. The Morgan fingerprint density at radius 2 is 2.22 bits per heavy atom. The van der Waals surface area contributed by atoms with Crippen LogP contribution in [0.25, 0.3) is 0 Å². The molecular weight excluding hydrogens is 121 g/mol. The largest absolute Gasteiger partial charge is 1.00 e. The monoisotopic (exact) mass is 125 g/mol. The van der Waals surface area contributed by atoms with E-state index in [1.54, 1.807) is 0 Å². The van der Waals surface area contributed by atoms with Crippen molar-refractivity contribution in [1.29, 1.82) is 0 Å². The van der Waals surface area contributed by atoms with E-state index < -0.39 is 10.9 Å². The van der Waals surface area contributed by atoms with Crippen LogP contribution in [0.5, 0.6) is 0 Å². The van der Waals surface area contributed by atoms with Gasteiger partial charge in [0.05, 0.1) is 4.92 Å². The van der Waals surface area contributed by atoms with Crippen LogP contribution in [0, 0.1) is 10.1 Å². The SMILES string of the molecule is COC([O-])=C[N+](=O)[O-].[Li+]. The van der Waals surface area contributed by atoms with Crippen LogP contribution < -0.4 is 24.0 Å². The molecule has 0 amide bonds. The maximum Gasteiger partial charge on any atom is 1.00 e. The molecule has 0 spiro atoms. The molecule has 0 aliphatic rings. The average molecular weight is 125 g/mol. The Balaban J connectivity index is 0. The van der Waals surface area contributed by atoms with Crippen LogP contribution in [0.2, 0.25) is 0 Å². The van der Waals surface area contributed by atoms with Gasteiger partial charge in [0.15, 0.2) is 0 Å². The molecule has 0 unspecified atom stereocenters. The Bertz CT molecular complexity index is 123. The van der Waals surface area contributed by atoms with Gasteiger partial charge in [0.25, 0.3) is 6.20 Å². The Kier molecular flexibility index (Phi) is 6.80. The molecule has 0 aromatic heterocycles. The number of ether oxygens (including phenoxy) is 1. The maximum absolute atomic E-state index is 9.90. The summed E-state index contributed by atoms with van der Waals surface area (Å²) in [5, 5.41) is 19.3. The van der Waals surface area contributed by atoms with Crippen LogP contribution >= 0.6 is 0 Å². The second-order valence-electron chi connectivity index (χ2n) is 0.938. The van der Waals surface area contributed by atoms with E-state index in [0.717, 1.165) is 7.11 Å². The number of nitrogens with zero attached hydrogens (tertiary/aromatic N) is 1. The number of hydrogen-bond donors (Lipinski definition) is 0. The fourth-order valence-corrected chi connectivity index (χ4v) is 0.139. The van der Waals surface area contributed by atoms with E-state index in [-0.39, 0.29) is 25.1 Å². The minimum absolute atomic E-state index is 0.